The number of hydrogen-bond acceptors (Lipinski definition) is 5. The van der Waals surface area contributed by atoms with Gasteiger partial charge in [0.2, 0.25) is 5.91 Å². The van der Waals surface area contributed by atoms with E-state index in [9.17, 15) is 4.79 Å². The summed E-state index contributed by atoms with van der Waals surface area (Å²) in [7, 11) is 0. The molecule has 1 aliphatic carbocycles. The van der Waals surface area contributed by atoms with E-state index in [4.69, 9.17) is 14.0 Å². The van der Waals surface area contributed by atoms with Crippen LogP contribution in [-0.4, -0.2) is 24.3 Å². The fourth-order valence-corrected chi connectivity index (χ4v) is 4.23. The van der Waals surface area contributed by atoms with Gasteiger partial charge in [0.05, 0.1) is 11.2 Å². The molecule has 0 spiro atoms. The number of hydrogen-bond donors (Lipinski definition) is 1. The summed E-state index contributed by atoms with van der Waals surface area (Å²) in [5.74, 6) is 2.41. The first-order chi connectivity index (χ1) is 13.1. The lowest BCUT2D eigenvalue weighted by atomic mass is 9.87. The predicted molar refractivity (Wildman–Crippen MR) is 100 cm³/mol. The quantitative estimate of drug-likeness (QED) is 0.871. The van der Waals surface area contributed by atoms with E-state index >= 15 is 0 Å². The molecule has 0 saturated heterocycles. The van der Waals surface area contributed by atoms with Crippen molar-refractivity contribution in [3.05, 3.63) is 40.8 Å². The smallest absolute Gasteiger partial charge is 0.221 e. The van der Waals surface area contributed by atoms with E-state index < -0.39 is 0 Å². The third-order valence-electron chi connectivity index (χ3n) is 5.71. The molecule has 1 amide bonds. The third-order valence-corrected chi connectivity index (χ3v) is 5.71. The van der Waals surface area contributed by atoms with Crippen molar-refractivity contribution >= 4 is 5.91 Å². The Morgan fingerprint density at radius 2 is 1.89 bits per heavy atom. The zero-order valence-corrected chi connectivity index (χ0v) is 16.0. The van der Waals surface area contributed by atoms with Crippen molar-refractivity contribution in [3.63, 3.8) is 0 Å². The van der Waals surface area contributed by atoms with Gasteiger partial charge in [-0.1, -0.05) is 24.1 Å². The monoisotopic (exact) mass is 370 g/mol. The molecule has 6 nitrogen and oxygen atoms in total. The molecule has 6 heteroatoms. The lowest BCUT2D eigenvalue weighted by Crippen LogP contribution is -2.44. The summed E-state index contributed by atoms with van der Waals surface area (Å²) in [6, 6.07) is 6.06. The molecule has 2 aliphatic rings. The molecule has 1 aliphatic heterocycles. The lowest BCUT2D eigenvalue weighted by molar-refractivity contribution is -0.123. The van der Waals surface area contributed by atoms with Gasteiger partial charge in [-0.2, -0.15) is 0 Å². The Morgan fingerprint density at radius 1 is 1.15 bits per heavy atom. The van der Waals surface area contributed by atoms with Gasteiger partial charge in [0.15, 0.2) is 11.5 Å². The molecule has 0 radical (unpaired) electrons. The van der Waals surface area contributed by atoms with Gasteiger partial charge in [0.1, 0.15) is 19.0 Å². The first kappa shape index (κ1) is 17.9. The zero-order chi connectivity index (χ0) is 18.9. The molecule has 1 fully saturated rings. The Hall–Kier alpha value is -2.50. The van der Waals surface area contributed by atoms with Crippen molar-refractivity contribution in [1.29, 1.82) is 0 Å². The Morgan fingerprint density at radius 3 is 2.59 bits per heavy atom. The average Bonchev–Trinajstić information content (AvgIpc) is 3.27. The third kappa shape index (κ3) is 3.53. The molecule has 2 aromatic rings. The zero-order valence-electron chi connectivity index (χ0n) is 16.0. The van der Waals surface area contributed by atoms with Crippen LogP contribution < -0.4 is 14.8 Å². The van der Waals surface area contributed by atoms with Crippen LogP contribution in [0.15, 0.2) is 22.7 Å². The molecule has 1 N–H and O–H groups in total. The molecule has 0 unspecified atom stereocenters. The van der Waals surface area contributed by atoms with Crippen molar-refractivity contribution in [3.8, 4) is 11.5 Å². The number of aromatic nitrogens is 1. The molecule has 1 saturated carbocycles. The first-order valence-corrected chi connectivity index (χ1v) is 9.70. The van der Waals surface area contributed by atoms with Crippen molar-refractivity contribution in [2.24, 2.45) is 0 Å². The van der Waals surface area contributed by atoms with Crippen molar-refractivity contribution in [2.75, 3.05) is 13.2 Å². The van der Waals surface area contributed by atoms with E-state index in [1.54, 1.807) is 0 Å². The van der Waals surface area contributed by atoms with E-state index in [-0.39, 0.29) is 11.4 Å². The average molecular weight is 370 g/mol. The highest BCUT2D eigenvalue weighted by Crippen LogP contribution is 2.42. The van der Waals surface area contributed by atoms with Crippen LogP contribution in [0.4, 0.5) is 0 Å². The van der Waals surface area contributed by atoms with Crippen LogP contribution in [0, 0.1) is 13.8 Å². The lowest BCUT2D eigenvalue weighted by Gasteiger charge is -2.32. The largest absolute Gasteiger partial charge is 0.486 e. The van der Waals surface area contributed by atoms with Crippen molar-refractivity contribution in [1.82, 2.24) is 10.5 Å². The number of amides is 1. The van der Waals surface area contributed by atoms with E-state index in [1.165, 1.54) is 0 Å². The minimum atomic E-state index is -0.314. The molecule has 0 bridgehead atoms. The molecule has 0 atom stereocenters. The molecule has 1 aromatic heterocycles. The summed E-state index contributed by atoms with van der Waals surface area (Å²) >= 11 is 0. The van der Waals surface area contributed by atoms with Crippen LogP contribution in [0.1, 0.15) is 54.7 Å². The summed E-state index contributed by atoms with van der Waals surface area (Å²) < 4.78 is 16.6. The normalized spacial score (nSPS) is 17.7. The number of carbonyl (C=O) groups excluding carboxylic acids is 1. The molecule has 2 heterocycles. The van der Waals surface area contributed by atoms with E-state index in [2.05, 4.69) is 16.5 Å². The summed E-state index contributed by atoms with van der Waals surface area (Å²) in [6.07, 6.45) is 5.18. The molecule has 144 valence electrons. The van der Waals surface area contributed by atoms with E-state index in [0.717, 1.165) is 59.8 Å². The predicted octanol–water partition coefficient (Wildman–Crippen LogP) is 3.58. The Bertz CT molecular complexity index is 817. The van der Waals surface area contributed by atoms with Gasteiger partial charge in [-0.05, 0) is 50.8 Å². The van der Waals surface area contributed by atoms with Gasteiger partial charge in [0.25, 0.3) is 0 Å². The van der Waals surface area contributed by atoms with Crippen LogP contribution in [0.25, 0.3) is 0 Å². The van der Waals surface area contributed by atoms with Crippen LogP contribution >= 0.6 is 0 Å². The van der Waals surface area contributed by atoms with Crippen LogP contribution in [-0.2, 0) is 16.8 Å². The number of carbonyl (C=O) groups is 1. The molecule has 1 aromatic carbocycles. The van der Waals surface area contributed by atoms with Gasteiger partial charge in [-0.3, -0.25) is 4.79 Å². The van der Waals surface area contributed by atoms with Crippen LogP contribution in [0.5, 0.6) is 11.5 Å². The molecule has 27 heavy (non-hydrogen) atoms. The maximum atomic E-state index is 12.8. The number of fused-ring (bicyclic) bond motifs is 1. The summed E-state index contributed by atoms with van der Waals surface area (Å²) in [5.41, 5.74) is 2.69. The highest BCUT2D eigenvalue weighted by Gasteiger charge is 2.37. The molecular formula is C21H26N2O4. The second-order valence-corrected chi connectivity index (χ2v) is 7.50. The number of aryl methyl sites for hydroxylation is 2. The maximum Gasteiger partial charge on any atom is 0.221 e. The first-order valence-electron chi connectivity index (χ1n) is 9.70. The number of nitrogens with zero attached hydrogens (tertiary/aromatic N) is 1. The summed E-state index contributed by atoms with van der Waals surface area (Å²) in [6.45, 7) is 4.95. The van der Waals surface area contributed by atoms with Crippen molar-refractivity contribution < 1.29 is 18.8 Å². The van der Waals surface area contributed by atoms with Crippen LogP contribution in [0.2, 0.25) is 0 Å². The van der Waals surface area contributed by atoms with Crippen LogP contribution in [0.3, 0.4) is 0 Å². The number of benzene rings is 1. The maximum absolute atomic E-state index is 12.8. The highest BCUT2D eigenvalue weighted by molar-refractivity contribution is 5.77. The Kier molecular flexibility index (Phi) is 4.81. The Balaban J connectivity index is 1.49. The fraction of sp³-hybridized carbons (Fsp3) is 0.524. The second-order valence-electron chi connectivity index (χ2n) is 7.50. The summed E-state index contributed by atoms with van der Waals surface area (Å²) in [4.78, 5) is 12.8. The minimum absolute atomic E-state index is 0.0618. The van der Waals surface area contributed by atoms with E-state index in [0.29, 0.717) is 26.1 Å². The summed E-state index contributed by atoms with van der Waals surface area (Å²) in [5, 5.41) is 7.30. The van der Waals surface area contributed by atoms with Gasteiger partial charge < -0.3 is 19.3 Å². The standard InChI is InChI=1S/C21H26N2O4/c1-14-17(15(2)27-23-14)6-8-20(24)22-21(9-3-4-10-21)16-5-7-18-19(13-16)26-12-11-25-18/h5,7,13H,3-4,6,8-12H2,1-2H3,(H,22,24). The number of ether oxygens (including phenoxy) is 2. The second kappa shape index (κ2) is 7.25. The van der Waals surface area contributed by atoms with Gasteiger partial charge in [-0.15, -0.1) is 0 Å². The number of nitrogens with one attached hydrogen (secondary N) is 1. The number of rotatable bonds is 5. The highest BCUT2D eigenvalue weighted by atomic mass is 16.6. The minimum Gasteiger partial charge on any atom is -0.486 e. The van der Waals surface area contributed by atoms with E-state index in [1.807, 2.05) is 26.0 Å². The van der Waals surface area contributed by atoms with Crippen molar-refractivity contribution in [2.45, 2.75) is 57.9 Å². The van der Waals surface area contributed by atoms with Gasteiger partial charge in [0, 0.05) is 12.0 Å². The van der Waals surface area contributed by atoms with Gasteiger partial charge in [-0.25, -0.2) is 0 Å². The van der Waals surface area contributed by atoms with Gasteiger partial charge >= 0.3 is 0 Å². The molecule has 4 rings (SSSR count). The Labute approximate surface area is 159 Å². The topological polar surface area (TPSA) is 73.6 Å². The SMILES string of the molecule is Cc1noc(C)c1CCC(=O)NC1(c2ccc3c(c2)OCCO3)CCCC1. The molecular weight excluding hydrogens is 344 g/mol. The fourth-order valence-electron chi connectivity index (χ4n) is 4.23.